The molecule has 0 fully saturated rings. The third kappa shape index (κ3) is 4.25. The Kier molecular flexibility index (Phi) is 5.04. The lowest BCUT2D eigenvalue weighted by Gasteiger charge is -2.10. The predicted molar refractivity (Wildman–Crippen MR) is 85.7 cm³/mol. The van der Waals surface area contributed by atoms with Gasteiger partial charge in [-0.3, -0.25) is 4.79 Å². The fourth-order valence-corrected chi connectivity index (χ4v) is 2.78. The number of amides is 1. The summed E-state index contributed by atoms with van der Waals surface area (Å²) in [5.41, 5.74) is 1.58. The molecule has 3 nitrogen and oxygen atoms in total. The van der Waals surface area contributed by atoms with Gasteiger partial charge in [0.2, 0.25) is 0 Å². The summed E-state index contributed by atoms with van der Waals surface area (Å²) in [6.45, 7) is 4.59. The molecule has 2 rings (SSSR count). The highest BCUT2D eigenvalue weighted by molar-refractivity contribution is 7.16. The number of benzene rings is 1. The van der Waals surface area contributed by atoms with Crippen LogP contribution in [0.15, 0.2) is 36.4 Å². The van der Waals surface area contributed by atoms with Gasteiger partial charge in [0.25, 0.3) is 5.91 Å². The van der Waals surface area contributed by atoms with Crippen molar-refractivity contribution in [2.75, 3.05) is 5.32 Å². The maximum absolute atomic E-state index is 11.9. The van der Waals surface area contributed by atoms with E-state index in [1.807, 2.05) is 50.2 Å². The molecule has 1 heterocycles. The summed E-state index contributed by atoms with van der Waals surface area (Å²) >= 11 is 7.44. The van der Waals surface area contributed by atoms with E-state index < -0.39 is 0 Å². The standard InChI is InChI=1S/C15H17ClN2OS/c1-10(2)18-15(19)11-4-3-5-12(8-11)17-9-13-6-7-14(16)20-13/h3-8,10,17H,9H2,1-2H3,(H,18,19). The smallest absolute Gasteiger partial charge is 0.251 e. The minimum atomic E-state index is -0.0529. The first kappa shape index (κ1) is 14.9. The summed E-state index contributed by atoms with van der Waals surface area (Å²) in [5, 5.41) is 6.18. The summed E-state index contributed by atoms with van der Waals surface area (Å²) in [6.07, 6.45) is 0. The van der Waals surface area contributed by atoms with E-state index in [4.69, 9.17) is 11.6 Å². The minimum Gasteiger partial charge on any atom is -0.380 e. The largest absolute Gasteiger partial charge is 0.380 e. The van der Waals surface area contributed by atoms with Crippen molar-refractivity contribution in [3.8, 4) is 0 Å². The summed E-state index contributed by atoms with van der Waals surface area (Å²) < 4.78 is 0.784. The van der Waals surface area contributed by atoms with Gasteiger partial charge in [-0.2, -0.15) is 0 Å². The molecular weight excluding hydrogens is 292 g/mol. The monoisotopic (exact) mass is 308 g/mol. The maximum Gasteiger partial charge on any atom is 0.251 e. The van der Waals surface area contributed by atoms with E-state index in [0.717, 1.165) is 14.9 Å². The van der Waals surface area contributed by atoms with Crippen molar-refractivity contribution in [3.63, 3.8) is 0 Å². The van der Waals surface area contributed by atoms with E-state index in [1.165, 1.54) is 0 Å². The zero-order valence-electron chi connectivity index (χ0n) is 11.4. The molecular formula is C15H17ClN2OS. The van der Waals surface area contributed by atoms with Gasteiger partial charge >= 0.3 is 0 Å². The van der Waals surface area contributed by atoms with Gasteiger partial charge in [0.1, 0.15) is 0 Å². The van der Waals surface area contributed by atoms with Gasteiger partial charge in [0.15, 0.2) is 0 Å². The third-order valence-electron chi connectivity index (χ3n) is 2.64. The van der Waals surface area contributed by atoms with Gasteiger partial charge in [-0.25, -0.2) is 0 Å². The highest BCUT2D eigenvalue weighted by Crippen LogP contribution is 2.22. The molecule has 0 spiro atoms. The van der Waals surface area contributed by atoms with Crippen LogP contribution < -0.4 is 10.6 Å². The second-order valence-electron chi connectivity index (χ2n) is 4.77. The molecule has 20 heavy (non-hydrogen) atoms. The van der Waals surface area contributed by atoms with Crippen LogP contribution in [-0.2, 0) is 6.54 Å². The van der Waals surface area contributed by atoms with E-state index in [2.05, 4.69) is 10.6 Å². The molecule has 0 radical (unpaired) electrons. The highest BCUT2D eigenvalue weighted by atomic mass is 35.5. The first-order chi connectivity index (χ1) is 9.54. The van der Waals surface area contributed by atoms with Crippen LogP contribution in [0.2, 0.25) is 4.34 Å². The minimum absolute atomic E-state index is 0.0529. The summed E-state index contributed by atoms with van der Waals surface area (Å²) in [7, 11) is 0. The number of carbonyl (C=O) groups excluding carboxylic acids is 1. The van der Waals surface area contributed by atoms with E-state index in [9.17, 15) is 4.79 Å². The van der Waals surface area contributed by atoms with Gasteiger partial charge in [-0.05, 0) is 44.2 Å². The third-order valence-corrected chi connectivity index (χ3v) is 3.87. The molecule has 1 aromatic heterocycles. The Morgan fingerprint density at radius 1 is 1.30 bits per heavy atom. The van der Waals surface area contributed by atoms with Gasteiger partial charge in [0, 0.05) is 28.7 Å². The number of nitrogens with one attached hydrogen (secondary N) is 2. The second-order valence-corrected chi connectivity index (χ2v) is 6.57. The lowest BCUT2D eigenvalue weighted by Crippen LogP contribution is -2.30. The summed E-state index contributed by atoms with van der Waals surface area (Å²) in [5.74, 6) is -0.0529. The fraction of sp³-hybridized carbons (Fsp3) is 0.267. The average molecular weight is 309 g/mol. The van der Waals surface area contributed by atoms with E-state index in [-0.39, 0.29) is 11.9 Å². The SMILES string of the molecule is CC(C)NC(=O)c1cccc(NCc2ccc(Cl)s2)c1. The molecule has 1 amide bonds. The van der Waals surface area contributed by atoms with Crippen molar-refractivity contribution in [2.45, 2.75) is 26.4 Å². The predicted octanol–water partition coefficient (Wildman–Crippen LogP) is 4.15. The molecule has 0 aliphatic rings. The quantitative estimate of drug-likeness (QED) is 0.871. The lowest BCUT2D eigenvalue weighted by atomic mass is 10.1. The van der Waals surface area contributed by atoms with Crippen molar-refractivity contribution < 1.29 is 4.79 Å². The number of halogens is 1. The fourth-order valence-electron chi connectivity index (χ4n) is 1.75. The van der Waals surface area contributed by atoms with Crippen molar-refractivity contribution in [2.24, 2.45) is 0 Å². The van der Waals surface area contributed by atoms with Crippen LogP contribution in [0.25, 0.3) is 0 Å². The number of anilines is 1. The molecule has 0 aliphatic heterocycles. The Morgan fingerprint density at radius 2 is 2.10 bits per heavy atom. The van der Waals surface area contributed by atoms with E-state index in [0.29, 0.717) is 12.1 Å². The summed E-state index contributed by atoms with van der Waals surface area (Å²) in [6, 6.07) is 11.5. The van der Waals surface area contributed by atoms with Crippen molar-refractivity contribution >= 4 is 34.5 Å². The highest BCUT2D eigenvalue weighted by Gasteiger charge is 2.07. The van der Waals surface area contributed by atoms with Crippen LogP contribution >= 0.6 is 22.9 Å². The molecule has 2 N–H and O–H groups in total. The first-order valence-electron chi connectivity index (χ1n) is 6.43. The molecule has 106 valence electrons. The molecule has 1 aromatic carbocycles. The van der Waals surface area contributed by atoms with Crippen LogP contribution in [0.1, 0.15) is 29.1 Å². The number of hydrogen-bond acceptors (Lipinski definition) is 3. The van der Waals surface area contributed by atoms with E-state index in [1.54, 1.807) is 11.3 Å². The van der Waals surface area contributed by atoms with Gasteiger partial charge in [-0.15, -0.1) is 11.3 Å². The zero-order valence-corrected chi connectivity index (χ0v) is 13.0. The molecule has 2 aromatic rings. The summed E-state index contributed by atoms with van der Waals surface area (Å²) in [4.78, 5) is 13.1. The number of rotatable bonds is 5. The molecule has 0 unspecified atom stereocenters. The van der Waals surface area contributed by atoms with Crippen LogP contribution in [-0.4, -0.2) is 11.9 Å². The number of hydrogen-bond donors (Lipinski definition) is 2. The lowest BCUT2D eigenvalue weighted by molar-refractivity contribution is 0.0943. The topological polar surface area (TPSA) is 41.1 Å². The zero-order chi connectivity index (χ0) is 14.5. The van der Waals surface area contributed by atoms with Crippen molar-refractivity contribution in [1.82, 2.24) is 5.32 Å². The second kappa shape index (κ2) is 6.77. The molecule has 0 atom stereocenters. The first-order valence-corrected chi connectivity index (χ1v) is 7.63. The van der Waals surface area contributed by atoms with Crippen LogP contribution in [0.3, 0.4) is 0 Å². The normalized spacial score (nSPS) is 10.6. The average Bonchev–Trinajstić information content (AvgIpc) is 2.82. The van der Waals surface area contributed by atoms with Crippen LogP contribution in [0, 0.1) is 0 Å². The molecule has 0 saturated carbocycles. The van der Waals surface area contributed by atoms with E-state index >= 15 is 0 Å². The van der Waals surface area contributed by atoms with Crippen LogP contribution in [0.5, 0.6) is 0 Å². The maximum atomic E-state index is 11.9. The van der Waals surface area contributed by atoms with Gasteiger partial charge < -0.3 is 10.6 Å². The number of thiophene rings is 1. The van der Waals surface area contributed by atoms with Gasteiger partial charge in [0.05, 0.1) is 4.34 Å². The molecule has 0 aliphatic carbocycles. The van der Waals surface area contributed by atoms with Crippen LogP contribution in [0.4, 0.5) is 5.69 Å². The Hall–Kier alpha value is -1.52. The Labute approximate surface area is 128 Å². The van der Waals surface area contributed by atoms with Gasteiger partial charge in [-0.1, -0.05) is 17.7 Å². The Bertz CT molecular complexity index is 595. The van der Waals surface area contributed by atoms with Crippen molar-refractivity contribution in [3.05, 3.63) is 51.2 Å². The Balaban J connectivity index is 2.00. The molecule has 5 heteroatoms. The molecule has 0 bridgehead atoms. The Morgan fingerprint density at radius 3 is 2.75 bits per heavy atom. The van der Waals surface area contributed by atoms with Crippen molar-refractivity contribution in [1.29, 1.82) is 0 Å². The molecule has 0 saturated heterocycles. The number of carbonyl (C=O) groups is 1.